The molecule has 0 aliphatic carbocycles. The summed E-state index contributed by atoms with van der Waals surface area (Å²) in [4.78, 5) is 40.3. The Morgan fingerprint density at radius 3 is 2.32 bits per heavy atom. The predicted molar refractivity (Wildman–Crippen MR) is 143 cm³/mol. The van der Waals surface area contributed by atoms with E-state index in [0.717, 1.165) is 11.1 Å². The van der Waals surface area contributed by atoms with E-state index in [1.165, 1.54) is 0 Å². The maximum Gasteiger partial charge on any atom is 0.510 e. The minimum absolute atomic E-state index is 0.0808. The summed E-state index contributed by atoms with van der Waals surface area (Å²) in [6.07, 6.45) is 0.308. The monoisotopic (exact) mass is 528 g/mol. The van der Waals surface area contributed by atoms with Crippen LogP contribution in [0.4, 0.5) is 4.79 Å². The maximum absolute atomic E-state index is 13.5. The lowest BCUT2D eigenvalue weighted by molar-refractivity contribution is -0.159. The fourth-order valence-electron chi connectivity index (χ4n) is 4.16. The molecule has 1 amide bonds. The molecule has 1 aliphatic rings. The third-order valence-corrected chi connectivity index (χ3v) is 7.34. The van der Waals surface area contributed by atoms with Crippen molar-refractivity contribution in [2.24, 2.45) is 0 Å². The average Bonchev–Trinajstić information content (AvgIpc) is 2.90. The molecule has 2 aromatic rings. The second-order valence-electron chi connectivity index (χ2n) is 9.06. The fourth-order valence-corrected chi connectivity index (χ4v) is 5.21. The molecule has 1 saturated heterocycles. The van der Waals surface area contributed by atoms with Gasteiger partial charge in [0.2, 0.25) is 5.91 Å². The summed E-state index contributed by atoms with van der Waals surface area (Å²) in [5.41, 5.74) is 0.766. The van der Waals surface area contributed by atoms with Gasteiger partial charge in [-0.15, -0.1) is 0 Å². The van der Waals surface area contributed by atoms with Gasteiger partial charge in [-0.25, -0.2) is 4.79 Å². The lowest BCUT2D eigenvalue weighted by Gasteiger charge is -2.44. The maximum atomic E-state index is 13.5. The summed E-state index contributed by atoms with van der Waals surface area (Å²) >= 11 is 1.60. The molecule has 8 nitrogen and oxygen atoms in total. The summed E-state index contributed by atoms with van der Waals surface area (Å²) in [5, 5.41) is 3.16. The van der Waals surface area contributed by atoms with Gasteiger partial charge in [-0.3, -0.25) is 14.9 Å². The minimum atomic E-state index is -1.17. The number of aryl methyl sites for hydroxylation is 1. The smallest absolute Gasteiger partial charge is 0.465 e. The molecule has 1 N–H and O–H groups in total. The Hall–Kier alpha value is -3.04. The molecule has 0 radical (unpaired) electrons. The van der Waals surface area contributed by atoms with Crippen molar-refractivity contribution in [2.75, 3.05) is 24.7 Å². The van der Waals surface area contributed by atoms with Gasteiger partial charge in [0.1, 0.15) is 12.6 Å². The Kier molecular flexibility index (Phi) is 10.8. The van der Waals surface area contributed by atoms with Crippen molar-refractivity contribution in [3.8, 4) is 0 Å². The first-order valence-corrected chi connectivity index (χ1v) is 13.7. The number of hydrogen-bond donors (Lipinski definition) is 1. The van der Waals surface area contributed by atoms with Crippen LogP contribution in [0.3, 0.4) is 0 Å². The molecule has 0 aromatic heterocycles. The van der Waals surface area contributed by atoms with Crippen molar-refractivity contribution in [3.63, 3.8) is 0 Å². The number of ether oxygens (including phenoxy) is 3. The van der Waals surface area contributed by atoms with E-state index < -0.39 is 29.9 Å². The average molecular weight is 529 g/mol. The Bertz CT molecular complexity index is 1020. The van der Waals surface area contributed by atoms with Gasteiger partial charge in [0.25, 0.3) is 0 Å². The van der Waals surface area contributed by atoms with Crippen LogP contribution < -0.4 is 5.32 Å². The first-order chi connectivity index (χ1) is 17.8. The van der Waals surface area contributed by atoms with Crippen LogP contribution in [0.5, 0.6) is 0 Å². The van der Waals surface area contributed by atoms with Gasteiger partial charge in [0.15, 0.2) is 5.72 Å². The number of rotatable bonds is 11. The van der Waals surface area contributed by atoms with Crippen LogP contribution in [0.1, 0.15) is 38.3 Å². The van der Waals surface area contributed by atoms with Crippen LogP contribution in [0.15, 0.2) is 60.7 Å². The van der Waals surface area contributed by atoms with Crippen molar-refractivity contribution < 1.29 is 28.6 Å². The van der Waals surface area contributed by atoms with Gasteiger partial charge in [0, 0.05) is 12.3 Å². The largest absolute Gasteiger partial charge is 0.510 e. The zero-order valence-electron chi connectivity index (χ0n) is 21.7. The second-order valence-corrected chi connectivity index (χ2v) is 10.2. The van der Waals surface area contributed by atoms with Crippen molar-refractivity contribution >= 4 is 29.8 Å². The van der Waals surface area contributed by atoms with Crippen LogP contribution in [-0.2, 0) is 36.8 Å². The quantitative estimate of drug-likeness (QED) is 0.434. The van der Waals surface area contributed by atoms with Gasteiger partial charge in [-0.05, 0) is 44.7 Å². The predicted octanol–water partition coefficient (Wildman–Crippen LogP) is 4.17. The molecule has 0 saturated carbocycles. The molecular weight excluding hydrogens is 492 g/mol. The summed E-state index contributed by atoms with van der Waals surface area (Å²) in [6, 6.07) is 17.8. The third kappa shape index (κ3) is 8.50. The number of hydrogen-bond acceptors (Lipinski definition) is 8. The normalized spacial score (nSPS) is 18.9. The summed E-state index contributed by atoms with van der Waals surface area (Å²) in [7, 11) is 0. The van der Waals surface area contributed by atoms with E-state index >= 15 is 0 Å². The molecule has 2 unspecified atom stereocenters. The van der Waals surface area contributed by atoms with Gasteiger partial charge in [-0.1, -0.05) is 60.7 Å². The van der Waals surface area contributed by atoms with Gasteiger partial charge in [0.05, 0.1) is 18.4 Å². The van der Waals surface area contributed by atoms with Crippen LogP contribution in [0.2, 0.25) is 0 Å². The van der Waals surface area contributed by atoms with Gasteiger partial charge in [-0.2, -0.15) is 11.8 Å². The van der Waals surface area contributed by atoms with Crippen LogP contribution >= 0.6 is 11.8 Å². The highest BCUT2D eigenvalue weighted by molar-refractivity contribution is 7.99. The van der Waals surface area contributed by atoms with E-state index in [9.17, 15) is 14.4 Å². The zero-order valence-corrected chi connectivity index (χ0v) is 22.5. The van der Waals surface area contributed by atoms with Gasteiger partial charge >= 0.3 is 12.1 Å². The van der Waals surface area contributed by atoms with Gasteiger partial charge < -0.3 is 19.1 Å². The standard InChI is InChI=1S/C28H36N2O6S/c1-4-34-26(32)24(16-15-22-11-7-5-8-12-22)29-21(2)25(31)30-17-18-37-20-28(30,3)36-27(33)35-19-23-13-9-6-10-14-23/h5-14,21,24,29H,4,15-20H2,1-3H3/t21-,24?,28?/m0/s1. The number of carbonyl (C=O) groups excluding carboxylic acids is 3. The van der Waals surface area contributed by atoms with E-state index in [1.807, 2.05) is 60.7 Å². The minimum Gasteiger partial charge on any atom is -0.465 e. The number of nitrogens with one attached hydrogen (secondary N) is 1. The molecule has 9 heteroatoms. The summed E-state index contributed by atoms with van der Waals surface area (Å²) in [5.74, 6) is 0.482. The number of nitrogens with zero attached hydrogens (tertiary/aromatic N) is 1. The SMILES string of the molecule is CCOC(=O)C(CCc1ccccc1)N[C@@H](C)C(=O)N1CCSCC1(C)OC(=O)OCc1ccccc1. The highest BCUT2D eigenvalue weighted by atomic mass is 32.2. The lowest BCUT2D eigenvalue weighted by Crippen LogP contribution is -2.62. The Balaban J connectivity index is 1.63. The van der Waals surface area contributed by atoms with E-state index in [-0.39, 0.29) is 19.1 Å². The number of amides is 1. The molecule has 37 heavy (non-hydrogen) atoms. The first-order valence-electron chi connectivity index (χ1n) is 12.6. The number of thioether (sulfide) groups is 1. The van der Waals surface area contributed by atoms with Crippen molar-refractivity contribution in [3.05, 3.63) is 71.8 Å². The molecule has 1 fully saturated rings. The Morgan fingerprint density at radius 2 is 1.68 bits per heavy atom. The van der Waals surface area contributed by atoms with Crippen molar-refractivity contribution in [1.82, 2.24) is 10.2 Å². The highest BCUT2D eigenvalue weighted by Crippen LogP contribution is 2.29. The number of esters is 1. The molecule has 200 valence electrons. The molecular formula is C28H36N2O6S. The summed E-state index contributed by atoms with van der Waals surface area (Å²) in [6.45, 7) is 5.93. The molecule has 3 rings (SSSR count). The van der Waals surface area contributed by atoms with Crippen molar-refractivity contribution in [2.45, 2.75) is 58.0 Å². The van der Waals surface area contributed by atoms with Crippen LogP contribution in [0.25, 0.3) is 0 Å². The molecule has 0 spiro atoms. The van der Waals surface area contributed by atoms with E-state index in [4.69, 9.17) is 14.2 Å². The summed E-state index contributed by atoms with van der Waals surface area (Å²) < 4.78 is 16.2. The molecule has 1 heterocycles. The molecule has 0 bridgehead atoms. The lowest BCUT2D eigenvalue weighted by atomic mass is 10.0. The van der Waals surface area contributed by atoms with Crippen LogP contribution in [-0.4, -0.2) is 65.4 Å². The molecule has 1 aliphatic heterocycles. The first kappa shape index (κ1) is 28.5. The van der Waals surface area contributed by atoms with E-state index in [2.05, 4.69) is 5.32 Å². The second kappa shape index (κ2) is 14.0. The molecule has 3 atom stereocenters. The number of benzene rings is 2. The number of carbonyl (C=O) groups is 3. The Labute approximate surface area is 223 Å². The zero-order chi connectivity index (χ0) is 26.7. The Morgan fingerprint density at radius 1 is 1.03 bits per heavy atom. The van der Waals surface area contributed by atoms with E-state index in [0.29, 0.717) is 30.9 Å². The highest BCUT2D eigenvalue weighted by Gasteiger charge is 2.43. The topological polar surface area (TPSA) is 94.2 Å². The van der Waals surface area contributed by atoms with E-state index in [1.54, 1.807) is 37.4 Å². The third-order valence-electron chi connectivity index (χ3n) is 6.13. The van der Waals surface area contributed by atoms with Crippen molar-refractivity contribution in [1.29, 1.82) is 0 Å². The van der Waals surface area contributed by atoms with Crippen LogP contribution in [0, 0.1) is 0 Å². The molecule has 2 aromatic carbocycles. The fraction of sp³-hybridized carbons (Fsp3) is 0.464.